The predicted octanol–water partition coefficient (Wildman–Crippen LogP) is 9.36. The Bertz CT molecular complexity index is 1250. The van der Waals surface area contributed by atoms with E-state index in [4.69, 9.17) is 46.4 Å². The Balaban J connectivity index is 1.84. The third kappa shape index (κ3) is 5.49. The summed E-state index contributed by atoms with van der Waals surface area (Å²) < 4.78 is 4.69. The minimum Gasteiger partial charge on any atom is -0.326 e. The second kappa shape index (κ2) is 12.3. The molecule has 0 spiro atoms. The van der Waals surface area contributed by atoms with Gasteiger partial charge in [-0.05, 0) is 43.9 Å². The Morgan fingerprint density at radius 1 is 0.703 bits per heavy atom. The van der Waals surface area contributed by atoms with Gasteiger partial charge >= 0.3 is 0 Å². The molecule has 0 atom stereocenters. The number of halogens is 4. The maximum absolute atomic E-state index is 6.43. The summed E-state index contributed by atoms with van der Waals surface area (Å²) in [4.78, 5) is 4.69. The third-order valence-electron chi connectivity index (χ3n) is 6.58. The molecule has 0 saturated heterocycles. The summed E-state index contributed by atoms with van der Waals surface area (Å²) in [5, 5.41) is 2.32. The zero-order valence-corrected chi connectivity index (χ0v) is 25.0. The fraction of sp³-hybridized carbons (Fsp3) is 0.414. The van der Waals surface area contributed by atoms with Gasteiger partial charge in [0.25, 0.3) is 5.82 Å². The molecule has 4 nitrogen and oxygen atoms in total. The van der Waals surface area contributed by atoms with Gasteiger partial charge in [0.05, 0.1) is 44.6 Å². The molecule has 1 aliphatic heterocycles. The summed E-state index contributed by atoms with van der Waals surface area (Å²) in [6.07, 6.45) is 10.6. The van der Waals surface area contributed by atoms with Gasteiger partial charge in [-0.2, -0.15) is 0 Å². The summed E-state index contributed by atoms with van der Waals surface area (Å²) in [6, 6.07) is 7.96. The first kappa shape index (κ1) is 28.2. The maximum Gasteiger partial charge on any atom is 0.282 e. The molecule has 0 bridgehead atoms. The van der Waals surface area contributed by atoms with Gasteiger partial charge in [-0.1, -0.05) is 80.2 Å². The van der Waals surface area contributed by atoms with Crippen molar-refractivity contribution in [1.82, 2.24) is 4.57 Å². The lowest BCUT2D eigenvalue weighted by molar-refractivity contribution is -0.674. The number of allylic oxidation sites excluding steroid dienone is 2. The SMILES string of the molecule is CCCN1C(=CC=Cc2n(CCC)c3cc(Cl)c(Cl)cc3[n+]2CCC)N(CCC)c2cc(Cl)c(Cl)cc21. The zero-order chi connectivity index (χ0) is 26.7. The van der Waals surface area contributed by atoms with Crippen LogP contribution in [0.1, 0.15) is 59.2 Å². The Kier molecular flexibility index (Phi) is 9.39. The zero-order valence-electron chi connectivity index (χ0n) is 22.0. The van der Waals surface area contributed by atoms with Crippen LogP contribution in [0.4, 0.5) is 11.4 Å². The molecule has 4 rings (SSSR count). The van der Waals surface area contributed by atoms with E-state index >= 15 is 0 Å². The van der Waals surface area contributed by atoms with E-state index in [2.05, 4.69) is 64.9 Å². The number of aromatic nitrogens is 2. The molecule has 1 aliphatic rings. The van der Waals surface area contributed by atoms with Gasteiger partial charge in [-0.25, -0.2) is 9.13 Å². The number of fused-ring (bicyclic) bond motifs is 2. The molecule has 2 aromatic carbocycles. The number of hydrogen-bond acceptors (Lipinski definition) is 2. The van der Waals surface area contributed by atoms with Crippen molar-refractivity contribution in [3.8, 4) is 0 Å². The van der Waals surface area contributed by atoms with Crippen LogP contribution in [0.3, 0.4) is 0 Å². The van der Waals surface area contributed by atoms with Gasteiger partial charge < -0.3 is 9.80 Å². The van der Waals surface area contributed by atoms with Crippen molar-refractivity contribution in [2.45, 2.75) is 66.5 Å². The largest absolute Gasteiger partial charge is 0.326 e. The monoisotopic (exact) mass is 579 g/mol. The standard InChI is InChI=1S/C29H35Cl4N4/c1-5-12-34-24-16-20(30)21(31)17-25(24)35(13-6-2)28(34)10-9-11-29-36(14-7-3)26-18-22(32)23(33)19-27(26)37(29)15-8-4/h9-11,16-19H,5-8,12-15H2,1-4H3/q+1. The second-order valence-electron chi connectivity index (χ2n) is 9.36. The van der Waals surface area contributed by atoms with Crippen LogP contribution in [0, 0.1) is 0 Å². The van der Waals surface area contributed by atoms with E-state index in [9.17, 15) is 0 Å². The molecule has 1 aromatic heterocycles. The molecular weight excluding hydrogens is 546 g/mol. The summed E-state index contributed by atoms with van der Waals surface area (Å²) in [5.41, 5.74) is 4.43. The molecule has 0 aliphatic carbocycles. The van der Waals surface area contributed by atoms with Crippen LogP contribution in [-0.4, -0.2) is 17.7 Å². The Labute approximate surface area is 240 Å². The number of imidazole rings is 1. The number of nitrogens with zero attached hydrogens (tertiary/aromatic N) is 4. The van der Waals surface area contributed by atoms with E-state index in [1.54, 1.807) is 0 Å². The molecule has 3 aromatic rings. The minimum absolute atomic E-state index is 0.580. The van der Waals surface area contributed by atoms with Crippen molar-refractivity contribution in [3.63, 3.8) is 0 Å². The van der Waals surface area contributed by atoms with E-state index < -0.39 is 0 Å². The van der Waals surface area contributed by atoms with Gasteiger partial charge in [-0.3, -0.25) is 0 Å². The molecule has 0 unspecified atom stereocenters. The lowest BCUT2D eigenvalue weighted by Gasteiger charge is -2.24. The predicted molar refractivity (Wildman–Crippen MR) is 162 cm³/mol. The van der Waals surface area contributed by atoms with Gasteiger partial charge in [0.15, 0.2) is 11.0 Å². The molecule has 0 fully saturated rings. The van der Waals surface area contributed by atoms with Gasteiger partial charge in [-0.15, -0.1) is 0 Å². The minimum atomic E-state index is 0.580. The van der Waals surface area contributed by atoms with E-state index in [-0.39, 0.29) is 0 Å². The summed E-state index contributed by atoms with van der Waals surface area (Å²) in [7, 11) is 0. The van der Waals surface area contributed by atoms with Gasteiger partial charge in [0.2, 0.25) is 0 Å². The van der Waals surface area contributed by atoms with E-state index in [1.807, 2.05) is 24.3 Å². The lowest BCUT2D eigenvalue weighted by Crippen LogP contribution is -2.36. The van der Waals surface area contributed by atoms with Crippen molar-refractivity contribution >= 4 is 74.9 Å². The van der Waals surface area contributed by atoms with Crippen LogP contribution in [0.2, 0.25) is 20.1 Å². The fourth-order valence-electron chi connectivity index (χ4n) is 5.12. The summed E-state index contributed by atoms with van der Waals surface area (Å²) >= 11 is 25.7. The van der Waals surface area contributed by atoms with Crippen molar-refractivity contribution < 1.29 is 4.57 Å². The van der Waals surface area contributed by atoms with Crippen LogP contribution in [0.25, 0.3) is 17.1 Å². The smallest absolute Gasteiger partial charge is 0.282 e. The number of benzene rings is 2. The highest BCUT2D eigenvalue weighted by atomic mass is 35.5. The normalized spacial score (nSPS) is 13.5. The molecule has 0 radical (unpaired) electrons. The first-order valence-corrected chi connectivity index (χ1v) is 14.7. The topological polar surface area (TPSA) is 15.3 Å². The first-order chi connectivity index (χ1) is 17.9. The highest BCUT2D eigenvalue weighted by molar-refractivity contribution is 6.43. The molecule has 198 valence electrons. The number of rotatable bonds is 10. The maximum atomic E-state index is 6.43. The second-order valence-corrected chi connectivity index (χ2v) is 11.0. The molecule has 0 saturated carbocycles. The van der Waals surface area contributed by atoms with E-state index in [0.717, 1.165) is 85.9 Å². The molecule has 0 N–H and O–H groups in total. The summed E-state index contributed by atoms with van der Waals surface area (Å²) in [6.45, 7) is 12.4. The number of aryl methyl sites for hydroxylation is 2. The first-order valence-electron chi connectivity index (χ1n) is 13.2. The van der Waals surface area contributed by atoms with Crippen molar-refractivity contribution in [2.75, 3.05) is 22.9 Å². The molecular formula is C29H35Cl4N4+. The van der Waals surface area contributed by atoms with Crippen LogP contribution in [0.15, 0.2) is 42.2 Å². The van der Waals surface area contributed by atoms with Crippen molar-refractivity contribution in [1.29, 1.82) is 0 Å². The third-order valence-corrected chi connectivity index (χ3v) is 8.03. The Hall–Kier alpha value is -1.85. The fourth-order valence-corrected chi connectivity index (χ4v) is 5.75. The van der Waals surface area contributed by atoms with Crippen LogP contribution in [-0.2, 0) is 13.1 Å². The highest BCUT2D eigenvalue weighted by Crippen LogP contribution is 2.45. The van der Waals surface area contributed by atoms with Gasteiger partial charge in [0, 0.05) is 31.3 Å². The average Bonchev–Trinajstić information content (AvgIpc) is 3.28. The molecule has 8 heteroatoms. The highest BCUT2D eigenvalue weighted by Gasteiger charge is 2.31. The van der Waals surface area contributed by atoms with E-state index in [0.29, 0.717) is 20.1 Å². The quantitative estimate of drug-likeness (QED) is 0.222. The van der Waals surface area contributed by atoms with Crippen molar-refractivity contribution in [2.24, 2.45) is 0 Å². The lowest BCUT2D eigenvalue weighted by atomic mass is 10.2. The number of hydrogen-bond donors (Lipinski definition) is 0. The van der Waals surface area contributed by atoms with Crippen molar-refractivity contribution in [3.05, 3.63) is 68.2 Å². The molecule has 2 heterocycles. The number of anilines is 2. The Morgan fingerprint density at radius 2 is 1.24 bits per heavy atom. The molecule has 37 heavy (non-hydrogen) atoms. The van der Waals surface area contributed by atoms with Crippen LogP contribution in [0.5, 0.6) is 0 Å². The molecule has 0 amide bonds. The average molecular weight is 581 g/mol. The van der Waals surface area contributed by atoms with Gasteiger partial charge in [0.1, 0.15) is 5.82 Å². The van der Waals surface area contributed by atoms with Crippen LogP contribution >= 0.6 is 46.4 Å². The van der Waals surface area contributed by atoms with Crippen LogP contribution < -0.4 is 14.4 Å². The summed E-state index contributed by atoms with van der Waals surface area (Å²) in [5.74, 6) is 2.28. The van der Waals surface area contributed by atoms with E-state index in [1.165, 1.54) is 0 Å². The Morgan fingerprint density at radius 3 is 1.78 bits per heavy atom.